The smallest absolute Gasteiger partial charge is 0.00638 e. The molecule has 44 heavy (non-hydrogen) atoms. The topological polar surface area (TPSA) is 0 Å². The number of allylic oxidation sites excluding steroid dienone is 2. The lowest BCUT2D eigenvalue weighted by atomic mass is 9.82. The van der Waals surface area contributed by atoms with E-state index in [-0.39, 0.29) is 0 Å². The second-order valence-corrected chi connectivity index (χ2v) is 11.6. The number of hydrogen-bond donors (Lipinski definition) is 0. The molecule has 0 radical (unpaired) electrons. The van der Waals surface area contributed by atoms with E-state index in [4.69, 9.17) is 0 Å². The molecule has 0 bridgehead atoms. The third-order valence-corrected chi connectivity index (χ3v) is 8.94. The molecule has 0 aromatic heterocycles. The summed E-state index contributed by atoms with van der Waals surface area (Å²) in [7, 11) is 0. The minimum Gasteiger partial charge on any atom is -0.0795 e. The molecule has 208 valence electrons. The van der Waals surface area contributed by atoms with Crippen LogP contribution in [-0.4, -0.2) is 0 Å². The van der Waals surface area contributed by atoms with Gasteiger partial charge in [-0.2, -0.15) is 0 Å². The zero-order valence-electron chi connectivity index (χ0n) is 24.6. The van der Waals surface area contributed by atoms with Crippen LogP contribution >= 0.6 is 0 Å². The van der Waals surface area contributed by atoms with Gasteiger partial charge in [0, 0.05) is 0 Å². The fourth-order valence-electron chi connectivity index (χ4n) is 6.86. The molecule has 10 rings (SSSR count). The van der Waals surface area contributed by atoms with E-state index in [2.05, 4.69) is 170 Å². The highest BCUT2D eigenvalue weighted by Crippen LogP contribution is 2.41. The summed E-state index contributed by atoms with van der Waals surface area (Å²) in [5, 5.41) is 13.6. The lowest BCUT2D eigenvalue weighted by Crippen LogP contribution is -2.00. The predicted molar refractivity (Wildman–Crippen MR) is 192 cm³/mol. The van der Waals surface area contributed by atoms with Gasteiger partial charge in [0.25, 0.3) is 0 Å². The molecule has 8 aromatic rings. The van der Waals surface area contributed by atoms with Gasteiger partial charge in [-0.05, 0) is 101 Å². The van der Waals surface area contributed by atoms with Crippen LogP contribution in [-0.2, 0) is 12.8 Å². The summed E-state index contributed by atoms with van der Waals surface area (Å²) in [5.41, 5.74) is 5.75. The Labute approximate surface area is 258 Å². The molecule has 0 N–H and O–H groups in total. The van der Waals surface area contributed by atoms with E-state index in [1.807, 2.05) is 0 Å². The minimum atomic E-state index is 1.05. The molecule has 0 amide bonds. The van der Waals surface area contributed by atoms with Gasteiger partial charge in [0.15, 0.2) is 0 Å². The predicted octanol–water partition coefficient (Wildman–Crippen LogP) is 12.0. The van der Waals surface area contributed by atoms with Gasteiger partial charge in [-0.15, -0.1) is 0 Å². The average Bonchev–Trinajstić information content (AvgIpc) is 3.10. The summed E-state index contributed by atoms with van der Waals surface area (Å²) >= 11 is 0. The SMILES string of the molecule is C1=Cc2c3cccc4c3c(c3cccc(c23)C1)C=CC4.c1ccc2cc3ccccc3cc2c1.c1ccc2ccccc2c1. The molecule has 0 nitrogen and oxygen atoms in total. The maximum atomic E-state index is 2.32. The zero-order valence-corrected chi connectivity index (χ0v) is 24.6. The summed E-state index contributed by atoms with van der Waals surface area (Å²) in [6.07, 6.45) is 11.3. The Hall–Kier alpha value is -5.46. The van der Waals surface area contributed by atoms with Gasteiger partial charge >= 0.3 is 0 Å². The van der Waals surface area contributed by atoms with E-state index in [9.17, 15) is 0 Å². The number of fused-ring (bicyclic) bond motifs is 5. The van der Waals surface area contributed by atoms with E-state index in [1.54, 1.807) is 0 Å². The maximum absolute atomic E-state index is 2.32. The number of benzene rings is 8. The van der Waals surface area contributed by atoms with Gasteiger partial charge in [-0.1, -0.05) is 158 Å². The summed E-state index contributed by atoms with van der Waals surface area (Å²) in [6, 6.07) is 51.6. The second kappa shape index (κ2) is 11.3. The molecule has 0 heterocycles. The van der Waals surface area contributed by atoms with Crippen molar-refractivity contribution in [1.82, 2.24) is 0 Å². The van der Waals surface area contributed by atoms with Crippen molar-refractivity contribution in [1.29, 1.82) is 0 Å². The number of hydrogen-bond acceptors (Lipinski definition) is 0. The minimum absolute atomic E-state index is 1.05. The lowest BCUT2D eigenvalue weighted by Gasteiger charge is -2.21. The van der Waals surface area contributed by atoms with Gasteiger partial charge in [-0.3, -0.25) is 0 Å². The summed E-state index contributed by atoms with van der Waals surface area (Å²) < 4.78 is 0. The van der Waals surface area contributed by atoms with Crippen LogP contribution < -0.4 is 0 Å². The van der Waals surface area contributed by atoms with Crippen molar-refractivity contribution in [2.24, 2.45) is 0 Å². The second-order valence-electron chi connectivity index (χ2n) is 11.6. The third-order valence-electron chi connectivity index (χ3n) is 8.94. The molecule has 0 unspecified atom stereocenters. The molecule has 0 atom stereocenters. The van der Waals surface area contributed by atoms with Crippen molar-refractivity contribution in [2.75, 3.05) is 0 Å². The van der Waals surface area contributed by atoms with Crippen molar-refractivity contribution < 1.29 is 0 Å². The van der Waals surface area contributed by atoms with Crippen LogP contribution in [0, 0.1) is 0 Å². The zero-order chi connectivity index (χ0) is 29.3. The van der Waals surface area contributed by atoms with Crippen molar-refractivity contribution in [3.63, 3.8) is 0 Å². The van der Waals surface area contributed by atoms with E-state index in [1.165, 1.54) is 76.1 Å². The van der Waals surface area contributed by atoms with Crippen molar-refractivity contribution in [3.05, 3.63) is 180 Å². The first kappa shape index (κ1) is 26.2. The molecule has 0 aliphatic heterocycles. The molecule has 8 aromatic carbocycles. The first-order valence-electron chi connectivity index (χ1n) is 15.5. The fourth-order valence-corrected chi connectivity index (χ4v) is 6.86. The van der Waals surface area contributed by atoms with Crippen LogP contribution in [0.3, 0.4) is 0 Å². The molecule has 0 heteroatoms. The normalized spacial score (nSPS) is 12.6. The summed E-state index contributed by atoms with van der Waals surface area (Å²) in [5.74, 6) is 0. The summed E-state index contributed by atoms with van der Waals surface area (Å²) in [6.45, 7) is 0. The van der Waals surface area contributed by atoms with Crippen molar-refractivity contribution in [2.45, 2.75) is 12.8 Å². The Kier molecular flexibility index (Phi) is 6.74. The van der Waals surface area contributed by atoms with Crippen LogP contribution in [0.4, 0.5) is 0 Å². The quantitative estimate of drug-likeness (QED) is 0.162. The molecule has 2 aliphatic rings. The van der Waals surface area contributed by atoms with Crippen LogP contribution in [0.25, 0.3) is 66.0 Å². The molecule has 0 saturated heterocycles. The Balaban J connectivity index is 0.000000105. The van der Waals surface area contributed by atoms with Gasteiger partial charge in [-0.25, -0.2) is 0 Å². The largest absolute Gasteiger partial charge is 0.0795 e. The van der Waals surface area contributed by atoms with Gasteiger partial charge < -0.3 is 0 Å². The Morgan fingerprint density at radius 3 is 1.02 bits per heavy atom. The molecule has 0 saturated carbocycles. The number of rotatable bonds is 0. The highest BCUT2D eigenvalue weighted by molar-refractivity contribution is 6.16. The first-order valence-corrected chi connectivity index (χ1v) is 15.5. The van der Waals surface area contributed by atoms with Crippen LogP contribution in [0.1, 0.15) is 22.3 Å². The Bertz CT molecular complexity index is 2140. The average molecular weight is 561 g/mol. The molecular formula is C44H32. The summed E-state index contributed by atoms with van der Waals surface area (Å²) in [4.78, 5) is 0. The first-order chi connectivity index (χ1) is 21.8. The molecule has 0 spiro atoms. The standard InChI is InChI=1S/C20H14.C14H10.C10H8/c1-5-13-6-2-11-17-18-12-4-8-14-7-3-10-16(20(14)18)15(9-1)19(13)17;1-2-6-12-10-14-8-4-3-7-13(14)9-11(12)5-1;1-2-6-10-8-4-3-7-9(10)5-1/h1-5,8-12H,6-7H2;1-10H;1-8H. The Morgan fingerprint density at radius 2 is 0.659 bits per heavy atom. The third kappa shape index (κ3) is 4.75. The van der Waals surface area contributed by atoms with Gasteiger partial charge in [0.1, 0.15) is 0 Å². The van der Waals surface area contributed by atoms with Gasteiger partial charge in [0.2, 0.25) is 0 Å². The molecule has 2 aliphatic carbocycles. The lowest BCUT2D eigenvalue weighted by molar-refractivity contribution is 1.28. The fraction of sp³-hybridized carbons (Fsp3) is 0.0455. The highest BCUT2D eigenvalue weighted by atomic mass is 14.2. The van der Waals surface area contributed by atoms with E-state index in [0.29, 0.717) is 0 Å². The molecule has 0 fully saturated rings. The molecular weight excluding hydrogens is 528 g/mol. The van der Waals surface area contributed by atoms with Gasteiger partial charge in [0.05, 0.1) is 0 Å². The van der Waals surface area contributed by atoms with Crippen LogP contribution in [0.15, 0.2) is 158 Å². The van der Waals surface area contributed by atoms with Crippen molar-refractivity contribution in [3.8, 4) is 0 Å². The van der Waals surface area contributed by atoms with E-state index in [0.717, 1.165) is 12.8 Å². The van der Waals surface area contributed by atoms with Crippen LogP contribution in [0.5, 0.6) is 0 Å². The van der Waals surface area contributed by atoms with E-state index < -0.39 is 0 Å². The Morgan fingerprint density at radius 1 is 0.318 bits per heavy atom. The van der Waals surface area contributed by atoms with Crippen LogP contribution in [0.2, 0.25) is 0 Å². The van der Waals surface area contributed by atoms with E-state index >= 15 is 0 Å². The maximum Gasteiger partial charge on any atom is -0.00638 e. The van der Waals surface area contributed by atoms with Crippen molar-refractivity contribution >= 4 is 66.0 Å². The highest BCUT2D eigenvalue weighted by Gasteiger charge is 2.18. The monoisotopic (exact) mass is 560 g/mol.